The van der Waals surface area contributed by atoms with Gasteiger partial charge in [0.15, 0.2) is 5.75 Å². The van der Waals surface area contributed by atoms with Crippen molar-refractivity contribution >= 4 is 0 Å². The van der Waals surface area contributed by atoms with Crippen molar-refractivity contribution < 1.29 is 14.2 Å². The smallest absolute Gasteiger partial charge is 0.255 e. The molecule has 1 heterocycles. The molecule has 4 heteroatoms. The zero-order valence-electron chi connectivity index (χ0n) is 9.41. The molecule has 0 saturated carbocycles. The number of hydrogen-bond acceptors (Lipinski definition) is 3. The molecule has 1 unspecified atom stereocenters. The van der Waals surface area contributed by atoms with Crippen molar-refractivity contribution in [2.75, 3.05) is 7.11 Å². The minimum absolute atomic E-state index is 0.0832. The number of pyridine rings is 1. The van der Waals surface area contributed by atoms with E-state index in [1.807, 2.05) is 20.8 Å². The fourth-order valence-electron chi connectivity index (χ4n) is 1.18. The Hall–Kier alpha value is -1.16. The molecule has 0 spiro atoms. The van der Waals surface area contributed by atoms with Crippen LogP contribution in [0.15, 0.2) is 12.1 Å². The number of rotatable bonds is 2. The van der Waals surface area contributed by atoms with E-state index in [4.69, 9.17) is 4.74 Å². The third-order valence-corrected chi connectivity index (χ3v) is 2.16. The quantitative estimate of drug-likeness (QED) is 0.766. The zero-order chi connectivity index (χ0) is 11.6. The molecule has 0 aromatic carbocycles. The molecular formula is C11H16FNO2. The minimum atomic E-state index is -0.794. The summed E-state index contributed by atoms with van der Waals surface area (Å²) < 4.78 is 18.0. The van der Waals surface area contributed by atoms with Crippen LogP contribution in [0.5, 0.6) is 5.75 Å². The molecule has 1 aromatic heterocycles. The summed E-state index contributed by atoms with van der Waals surface area (Å²) in [5.74, 6) is -0.613. The highest BCUT2D eigenvalue weighted by molar-refractivity contribution is 5.23. The van der Waals surface area contributed by atoms with Crippen molar-refractivity contribution in [3.8, 4) is 5.75 Å². The summed E-state index contributed by atoms with van der Waals surface area (Å²) >= 11 is 0. The summed E-state index contributed by atoms with van der Waals surface area (Å²) in [4.78, 5) is 3.67. The van der Waals surface area contributed by atoms with E-state index in [1.165, 1.54) is 13.2 Å². The second kappa shape index (κ2) is 4.14. The summed E-state index contributed by atoms with van der Waals surface area (Å²) in [6.07, 6.45) is -0.794. The van der Waals surface area contributed by atoms with Gasteiger partial charge in [-0.25, -0.2) is 4.98 Å². The van der Waals surface area contributed by atoms with E-state index in [-0.39, 0.29) is 11.2 Å². The molecule has 1 N–H and O–H groups in total. The van der Waals surface area contributed by atoms with Gasteiger partial charge in [-0.15, -0.1) is 0 Å². The number of aliphatic hydroxyl groups is 1. The first kappa shape index (κ1) is 11.9. The van der Waals surface area contributed by atoms with Crippen LogP contribution in [0, 0.1) is 11.4 Å². The molecule has 84 valence electrons. The average molecular weight is 213 g/mol. The zero-order valence-corrected chi connectivity index (χ0v) is 9.41. The van der Waals surface area contributed by atoms with E-state index in [0.717, 1.165) is 0 Å². The molecule has 3 nitrogen and oxygen atoms in total. The number of ether oxygens (including phenoxy) is 1. The largest absolute Gasteiger partial charge is 0.492 e. The molecule has 0 fully saturated rings. The minimum Gasteiger partial charge on any atom is -0.492 e. The fourth-order valence-corrected chi connectivity index (χ4v) is 1.18. The van der Waals surface area contributed by atoms with Gasteiger partial charge >= 0.3 is 0 Å². The molecule has 0 radical (unpaired) electrons. The standard InChI is InChI=1S/C11H16FNO2/c1-11(2,3)9(14)7-5-6-8(15-4)10(12)13-7/h5-6,9,14H,1-4H3. The van der Waals surface area contributed by atoms with Crippen LogP contribution in [-0.4, -0.2) is 17.2 Å². The first-order valence-electron chi connectivity index (χ1n) is 4.74. The molecule has 1 atom stereocenters. The maximum atomic E-state index is 13.3. The number of halogens is 1. The second-order valence-corrected chi connectivity index (χ2v) is 4.50. The first-order valence-corrected chi connectivity index (χ1v) is 4.74. The molecule has 0 bridgehead atoms. The highest BCUT2D eigenvalue weighted by Crippen LogP contribution is 2.32. The van der Waals surface area contributed by atoms with Crippen LogP contribution in [0.1, 0.15) is 32.6 Å². The van der Waals surface area contributed by atoms with Crippen molar-refractivity contribution in [2.24, 2.45) is 5.41 Å². The molecule has 0 aliphatic heterocycles. The Kier molecular flexibility index (Phi) is 3.29. The maximum Gasteiger partial charge on any atom is 0.255 e. The van der Waals surface area contributed by atoms with Crippen LogP contribution in [-0.2, 0) is 0 Å². The van der Waals surface area contributed by atoms with Crippen molar-refractivity contribution in [3.05, 3.63) is 23.8 Å². The van der Waals surface area contributed by atoms with E-state index in [9.17, 15) is 9.50 Å². The number of methoxy groups -OCH3 is 1. The molecule has 0 amide bonds. The van der Waals surface area contributed by atoms with Crippen LogP contribution in [0.3, 0.4) is 0 Å². The summed E-state index contributed by atoms with van der Waals surface area (Å²) in [6, 6.07) is 3.03. The van der Waals surface area contributed by atoms with Crippen molar-refractivity contribution in [3.63, 3.8) is 0 Å². The predicted octanol–water partition coefficient (Wildman–Crippen LogP) is 2.31. The summed E-state index contributed by atoms with van der Waals surface area (Å²) in [5, 5.41) is 9.88. The Bertz CT molecular complexity index is 347. The summed E-state index contributed by atoms with van der Waals surface area (Å²) in [7, 11) is 1.37. The van der Waals surface area contributed by atoms with Crippen molar-refractivity contribution in [1.29, 1.82) is 0 Å². The highest BCUT2D eigenvalue weighted by atomic mass is 19.1. The number of nitrogens with zero attached hydrogens (tertiary/aromatic N) is 1. The molecule has 0 aliphatic carbocycles. The van der Waals surface area contributed by atoms with Gasteiger partial charge in [-0.3, -0.25) is 0 Å². The van der Waals surface area contributed by atoms with Crippen molar-refractivity contribution in [1.82, 2.24) is 4.98 Å². The van der Waals surface area contributed by atoms with Gasteiger partial charge in [0, 0.05) is 0 Å². The Labute approximate surface area is 88.9 Å². The lowest BCUT2D eigenvalue weighted by molar-refractivity contribution is 0.0580. The van der Waals surface area contributed by atoms with Gasteiger partial charge in [0.1, 0.15) is 6.10 Å². The Morgan fingerprint density at radius 2 is 2.00 bits per heavy atom. The number of aliphatic hydroxyl groups excluding tert-OH is 1. The Morgan fingerprint density at radius 1 is 1.40 bits per heavy atom. The lowest BCUT2D eigenvalue weighted by Crippen LogP contribution is -2.19. The van der Waals surface area contributed by atoms with Gasteiger partial charge < -0.3 is 9.84 Å². The molecule has 0 aliphatic rings. The lowest BCUT2D eigenvalue weighted by atomic mass is 9.87. The van der Waals surface area contributed by atoms with Gasteiger partial charge in [-0.1, -0.05) is 20.8 Å². The average Bonchev–Trinajstić information content (AvgIpc) is 2.15. The van der Waals surface area contributed by atoms with Gasteiger partial charge in [0.25, 0.3) is 5.95 Å². The van der Waals surface area contributed by atoms with Crippen molar-refractivity contribution in [2.45, 2.75) is 26.9 Å². The second-order valence-electron chi connectivity index (χ2n) is 4.50. The van der Waals surface area contributed by atoms with Crippen LogP contribution >= 0.6 is 0 Å². The SMILES string of the molecule is COc1ccc(C(O)C(C)(C)C)nc1F. The number of aromatic nitrogens is 1. The third kappa shape index (κ3) is 2.65. The predicted molar refractivity (Wildman–Crippen MR) is 55.2 cm³/mol. The van der Waals surface area contributed by atoms with E-state index in [2.05, 4.69) is 4.98 Å². The molecule has 1 aromatic rings. The molecule has 15 heavy (non-hydrogen) atoms. The van der Waals surface area contributed by atoms with Gasteiger partial charge in [0.2, 0.25) is 0 Å². The van der Waals surface area contributed by atoms with Gasteiger partial charge in [0.05, 0.1) is 12.8 Å². The van der Waals surface area contributed by atoms with Crippen LogP contribution in [0.2, 0.25) is 0 Å². The van der Waals surface area contributed by atoms with E-state index in [0.29, 0.717) is 5.69 Å². The summed E-state index contributed by atoms with van der Waals surface area (Å²) in [6.45, 7) is 5.59. The molecular weight excluding hydrogens is 197 g/mol. The monoisotopic (exact) mass is 213 g/mol. The van der Waals surface area contributed by atoms with Gasteiger partial charge in [-0.2, -0.15) is 4.39 Å². The molecule has 1 rings (SSSR count). The van der Waals surface area contributed by atoms with E-state index < -0.39 is 12.1 Å². The first-order chi connectivity index (χ1) is 6.86. The number of hydrogen-bond donors (Lipinski definition) is 1. The van der Waals surface area contributed by atoms with Crippen LogP contribution in [0.4, 0.5) is 4.39 Å². The Balaban J connectivity index is 3.02. The highest BCUT2D eigenvalue weighted by Gasteiger charge is 2.25. The molecule has 0 saturated heterocycles. The van der Waals surface area contributed by atoms with Crippen LogP contribution in [0.25, 0.3) is 0 Å². The van der Waals surface area contributed by atoms with Crippen LogP contribution < -0.4 is 4.74 Å². The lowest BCUT2D eigenvalue weighted by Gasteiger charge is -2.25. The van der Waals surface area contributed by atoms with E-state index >= 15 is 0 Å². The topological polar surface area (TPSA) is 42.4 Å². The van der Waals surface area contributed by atoms with Gasteiger partial charge in [-0.05, 0) is 17.5 Å². The summed E-state index contributed by atoms with van der Waals surface area (Å²) in [5.41, 5.74) is -0.0469. The maximum absolute atomic E-state index is 13.3. The van der Waals surface area contributed by atoms with E-state index in [1.54, 1.807) is 6.07 Å². The third-order valence-electron chi connectivity index (χ3n) is 2.16. The normalized spacial score (nSPS) is 13.7. The Morgan fingerprint density at radius 3 is 2.40 bits per heavy atom. The fraction of sp³-hybridized carbons (Fsp3) is 0.545.